The van der Waals surface area contributed by atoms with Gasteiger partial charge in [0.15, 0.2) is 11.4 Å². The number of aromatic nitrogens is 2. The monoisotopic (exact) mass is 377 g/mol. The molecule has 28 heavy (non-hydrogen) atoms. The molecule has 0 saturated heterocycles. The zero-order chi connectivity index (χ0) is 19.5. The maximum atomic E-state index is 12.3. The Hall–Kier alpha value is -3.61. The highest BCUT2D eigenvalue weighted by Gasteiger charge is 2.12. The predicted octanol–water partition coefficient (Wildman–Crippen LogP) is 2.92. The molecule has 0 atom stereocenters. The summed E-state index contributed by atoms with van der Waals surface area (Å²) < 4.78 is 4.96. The molecule has 2 heterocycles. The van der Waals surface area contributed by atoms with Gasteiger partial charge < -0.3 is 14.7 Å². The Balaban J connectivity index is 1.27. The van der Waals surface area contributed by atoms with Crippen molar-refractivity contribution in [3.63, 3.8) is 0 Å². The van der Waals surface area contributed by atoms with Gasteiger partial charge in [0.05, 0.1) is 5.52 Å². The average Bonchev–Trinajstić information content (AvgIpc) is 3.28. The van der Waals surface area contributed by atoms with E-state index in [1.165, 1.54) is 6.07 Å². The number of carbonyl (C=O) groups excluding carboxylic acids is 2. The molecule has 4 rings (SSSR count). The number of fused-ring (bicyclic) bond motifs is 2. The summed E-state index contributed by atoms with van der Waals surface area (Å²) in [5.74, 6) is -0.894. The molecule has 0 radical (unpaired) electrons. The van der Waals surface area contributed by atoms with Gasteiger partial charge >= 0.3 is 5.76 Å². The van der Waals surface area contributed by atoms with Crippen LogP contribution in [-0.2, 0) is 11.2 Å². The lowest BCUT2D eigenvalue weighted by atomic mass is 10.1. The molecule has 2 aromatic carbocycles. The van der Waals surface area contributed by atoms with Crippen LogP contribution >= 0.6 is 0 Å². The Morgan fingerprint density at radius 3 is 2.79 bits per heavy atom. The molecule has 1 amide bonds. The zero-order valence-corrected chi connectivity index (χ0v) is 15.1. The number of amides is 1. The van der Waals surface area contributed by atoms with E-state index in [2.05, 4.69) is 15.3 Å². The van der Waals surface area contributed by atoms with Crippen LogP contribution in [0, 0.1) is 0 Å². The molecule has 7 nitrogen and oxygen atoms in total. The summed E-state index contributed by atoms with van der Waals surface area (Å²) in [4.78, 5) is 41.3. The first-order valence-corrected chi connectivity index (χ1v) is 9.08. The van der Waals surface area contributed by atoms with E-state index < -0.39 is 5.76 Å². The second-order valence-electron chi connectivity index (χ2n) is 6.61. The van der Waals surface area contributed by atoms with Gasteiger partial charge in [0.1, 0.15) is 0 Å². The third-order valence-electron chi connectivity index (χ3n) is 4.71. The number of oxazole rings is 1. The number of benzene rings is 2. The lowest BCUT2D eigenvalue weighted by Gasteiger charge is -2.05. The topological polar surface area (TPSA) is 108 Å². The van der Waals surface area contributed by atoms with E-state index in [-0.39, 0.29) is 24.5 Å². The van der Waals surface area contributed by atoms with Crippen molar-refractivity contribution in [3.05, 3.63) is 70.3 Å². The lowest BCUT2D eigenvalue weighted by molar-refractivity contribution is -0.121. The number of rotatable bonds is 7. The van der Waals surface area contributed by atoms with Crippen LogP contribution in [0.1, 0.15) is 28.8 Å². The molecule has 0 aliphatic carbocycles. The zero-order valence-electron chi connectivity index (χ0n) is 15.1. The minimum Gasteiger partial charge on any atom is -0.408 e. The molecule has 3 N–H and O–H groups in total. The van der Waals surface area contributed by atoms with Crippen molar-refractivity contribution in [1.29, 1.82) is 0 Å². The van der Waals surface area contributed by atoms with Gasteiger partial charge in [-0.05, 0) is 36.2 Å². The molecule has 2 aromatic heterocycles. The van der Waals surface area contributed by atoms with Crippen molar-refractivity contribution in [2.45, 2.75) is 19.3 Å². The highest BCUT2D eigenvalue weighted by Crippen LogP contribution is 2.18. The van der Waals surface area contributed by atoms with Crippen LogP contribution in [-0.4, -0.2) is 28.2 Å². The number of carbonyl (C=O) groups is 2. The first-order valence-electron chi connectivity index (χ1n) is 9.08. The first kappa shape index (κ1) is 17.8. The van der Waals surface area contributed by atoms with Crippen LogP contribution in [0.4, 0.5) is 0 Å². The summed E-state index contributed by atoms with van der Waals surface area (Å²) >= 11 is 0. The summed E-state index contributed by atoms with van der Waals surface area (Å²) in [6.07, 6.45) is 2.88. The number of Topliss-reactive ketones (excluding diaryl/α,β-unsaturated/α-hetero) is 1. The molecule has 0 aliphatic rings. The maximum absolute atomic E-state index is 12.3. The summed E-state index contributed by atoms with van der Waals surface area (Å²) in [5, 5.41) is 4.01. The second-order valence-corrected chi connectivity index (χ2v) is 6.61. The van der Waals surface area contributed by atoms with Gasteiger partial charge in [-0.3, -0.25) is 14.6 Å². The number of nitrogens with one attached hydrogen (secondary N) is 3. The standard InChI is InChI=1S/C21H19N3O4/c25-18(13-5-6-17-19(11-13)28-21(27)24-17)7-8-20(26)22-10-9-14-12-23-16-4-2-1-3-15(14)16/h1-6,11-12,23H,7-10H2,(H,22,26)(H,24,27). The second kappa shape index (κ2) is 7.56. The smallest absolute Gasteiger partial charge is 0.408 e. The molecule has 0 saturated carbocycles. The number of hydrogen-bond acceptors (Lipinski definition) is 4. The van der Waals surface area contributed by atoms with Gasteiger partial charge in [0, 0.05) is 42.0 Å². The summed E-state index contributed by atoms with van der Waals surface area (Å²) in [6, 6.07) is 12.8. The van der Waals surface area contributed by atoms with E-state index in [9.17, 15) is 14.4 Å². The van der Waals surface area contributed by atoms with Crippen molar-refractivity contribution in [2.24, 2.45) is 0 Å². The molecule has 0 bridgehead atoms. The van der Waals surface area contributed by atoms with Gasteiger partial charge in [-0.25, -0.2) is 4.79 Å². The normalized spacial score (nSPS) is 11.1. The molecule has 142 valence electrons. The van der Waals surface area contributed by atoms with Crippen LogP contribution in [0.15, 0.2) is 57.9 Å². The van der Waals surface area contributed by atoms with Gasteiger partial charge in [0.2, 0.25) is 5.91 Å². The number of ketones is 1. The van der Waals surface area contributed by atoms with Gasteiger partial charge in [-0.2, -0.15) is 0 Å². The van der Waals surface area contributed by atoms with Gasteiger partial charge in [0.25, 0.3) is 0 Å². The van der Waals surface area contributed by atoms with E-state index in [0.717, 1.165) is 16.5 Å². The molecule has 7 heteroatoms. The Kier molecular flexibility index (Phi) is 4.80. The lowest BCUT2D eigenvalue weighted by Crippen LogP contribution is -2.26. The fraction of sp³-hybridized carbons (Fsp3) is 0.190. The third-order valence-corrected chi connectivity index (χ3v) is 4.71. The number of hydrogen-bond donors (Lipinski definition) is 3. The quantitative estimate of drug-likeness (QED) is 0.430. The van der Waals surface area contributed by atoms with E-state index in [0.29, 0.717) is 29.6 Å². The Labute approximate surface area is 159 Å². The van der Waals surface area contributed by atoms with Crippen molar-refractivity contribution in [1.82, 2.24) is 15.3 Å². The Bertz CT molecular complexity index is 1220. The molecule has 0 spiro atoms. The Morgan fingerprint density at radius 1 is 1.04 bits per heavy atom. The number of H-pyrrole nitrogens is 2. The largest absolute Gasteiger partial charge is 0.417 e. The van der Waals surface area contributed by atoms with Crippen LogP contribution in [0.2, 0.25) is 0 Å². The van der Waals surface area contributed by atoms with Gasteiger partial charge in [-0.1, -0.05) is 18.2 Å². The van der Waals surface area contributed by atoms with Crippen molar-refractivity contribution < 1.29 is 14.0 Å². The minimum atomic E-state index is -0.561. The van der Waals surface area contributed by atoms with Crippen molar-refractivity contribution in [2.75, 3.05) is 6.54 Å². The average molecular weight is 377 g/mol. The first-order chi connectivity index (χ1) is 13.6. The molecule has 0 unspecified atom stereocenters. The summed E-state index contributed by atoms with van der Waals surface area (Å²) in [6.45, 7) is 0.509. The number of aromatic amines is 2. The maximum Gasteiger partial charge on any atom is 0.417 e. The van der Waals surface area contributed by atoms with Crippen molar-refractivity contribution in [3.8, 4) is 0 Å². The number of para-hydroxylation sites is 1. The van der Waals surface area contributed by atoms with Crippen LogP contribution in [0.3, 0.4) is 0 Å². The molecular weight excluding hydrogens is 358 g/mol. The molecule has 0 aliphatic heterocycles. The van der Waals surface area contributed by atoms with E-state index in [1.54, 1.807) is 12.1 Å². The van der Waals surface area contributed by atoms with Gasteiger partial charge in [-0.15, -0.1) is 0 Å². The fourth-order valence-electron chi connectivity index (χ4n) is 3.25. The molecule has 4 aromatic rings. The molecule has 0 fully saturated rings. The highest BCUT2D eigenvalue weighted by molar-refractivity contribution is 6.00. The summed E-state index contributed by atoms with van der Waals surface area (Å²) in [7, 11) is 0. The molecular formula is C21H19N3O4. The van der Waals surface area contributed by atoms with Crippen LogP contribution in [0.5, 0.6) is 0 Å². The van der Waals surface area contributed by atoms with Crippen LogP contribution in [0.25, 0.3) is 22.0 Å². The predicted molar refractivity (Wildman–Crippen MR) is 105 cm³/mol. The SMILES string of the molecule is O=C(CCC(=O)c1ccc2[nH]c(=O)oc2c1)NCCc1c[nH]c2ccccc12. The van der Waals surface area contributed by atoms with E-state index in [4.69, 9.17) is 4.42 Å². The highest BCUT2D eigenvalue weighted by atomic mass is 16.4. The van der Waals surface area contributed by atoms with Crippen molar-refractivity contribution >= 4 is 33.7 Å². The van der Waals surface area contributed by atoms with Crippen LogP contribution < -0.4 is 11.1 Å². The van der Waals surface area contributed by atoms with E-state index >= 15 is 0 Å². The third kappa shape index (κ3) is 3.73. The fourth-order valence-corrected chi connectivity index (χ4v) is 3.25. The Morgan fingerprint density at radius 2 is 1.89 bits per heavy atom. The minimum absolute atomic E-state index is 0.0963. The van der Waals surface area contributed by atoms with E-state index in [1.807, 2.05) is 30.5 Å². The summed E-state index contributed by atoms with van der Waals surface area (Å²) in [5.41, 5.74) is 3.51.